The zero-order valence-electron chi connectivity index (χ0n) is 17.4. The van der Waals surface area contributed by atoms with Crippen LogP contribution in [0.5, 0.6) is 0 Å². The summed E-state index contributed by atoms with van der Waals surface area (Å²) in [6.07, 6.45) is 5.94. The van der Waals surface area contributed by atoms with Crippen molar-refractivity contribution in [3.05, 3.63) is 53.1 Å². The third-order valence-corrected chi connectivity index (χ3v) is 5.02. The fourth-order valence-corrected chi connectivity index (χ4v) is 3.53. The summed E-state index contributed by atoms with van der Waals surface area (Å²) >= 11 is 1.68. The summed E-state index contributed by atoms with van der Waals surface area (Å²) < 4.78 is 15.4. The second kappa shape index (κ2) is 11.1. The van der Waals surface area contributed by atoms with E-state index in [2.05, 4.69) is 34.7 Å². The van der Waals surface area contributed by atoms with Crippen molar-refractivity contribution in [2.75, 3.05) is 33.4 Å². The third-order valence-electron chi connectivity index (χ3n) is 4.42. The minimum Gasteiger partial charge on any atom is -0.357 e. The van der Waals surface area contributed by atoms with Gasteiger partial charge in [0, 0.05) is 37.7 Å². The fraction of sp³-hybridized carbons (Fsp3) is 0.500. The summed E-state index contributed by atoms with van der Waals surface area (Å²) in [5.41, 5.74) is 3.19. The summed E-state index contributed by atoms with van der Waals surface area (Å²) in [5.74, 6) is 1.32. The number of nitrogens with zero attached hydrogens (tertiary/aromatic N) is 4. The van der Waals surface area contributed by atoms with Crippen molar-refractivity contribution in [2.24, 2.45) is 12.0 Å². The lowest BCUT2D eigenvalue weighted by Crippen LogP contribution is -2.41. The van der Waals surface area contributed by atoms with Crippen LogP contribution in [0, 0.1) is 5.82 Å². The Morgan fingerprint density at radius 3 is 2.71 bits per heavy atom. The van der Waals surface area contributed by atoms with Crippen molar-refractivity contribution in [2.45, 2.75) is 25.3 Å². The monoisotopic (exact) mass is 406 g/mol. The van der Waals surface area contributed by atoms with Crippen molar-refractivity contribution in [3.63, 3.8) is 0 Å². The molecule has 0 fully saturated rings. The highest BCUT2D eigenvalue weighted by molar-refractivity contribution is 7.97. The molecule has 2 aromatic rings. The normalized spacial score (nSPS) is 13.0. The Labute approximate surface area is 171 Å². The summed E-state index contributed by atoms with van der Waals surface area (Å²) in [6, 6.07) is 5.10. The number of hydrogen-bond donors (Lipinski definition) is 2. The number of likely N-dealkylation sites (N-methyl/N-ethyl adjacent to an activating group) is 1. The molecule has 1 aromatic heterocycles. The zero-order chi connectivity index (χ0) is 20.5. The fourth-order valence-electron chi connectivity index (χ4n) is 2.95. The number of benzene rings is 1. The van der Waals surface area contributed by atoms with Gasteiger partial charge in [0.05, 0.1) is 18.8 Å². The van der Waals surface area contributed by atoms with Gasteiger partial charge in [0.2, 0.25) is 0 Å². The maximum Gasteiger partial charge on any atom is 0.191 e. The summed E-state index contributed by atoms with van der Waals surface area (Å²) in [4.78, 5) is 6.87. The molecule has 0 saturated carbocycles. The topological polar surface area (TPSA) is 57.5 Å². The first kappa shape index (κ1) is 22.2. The first-order valence-corrected chi connectivity index (χ1v) is 10.8. The lowest BCUT2D eigenvalue weighted by molar-refractivity contribution is 0.298. The van der Waals surface area contributed by atoms with Crippen LogP contribution >= 0.6 is 11.8 Å². The molecule has 0 aliphatic rings. The molecule has 6 nitrogen and oxygen atoms in total. The minimum absolute atomic E-state index is 0.176. The number of guanidine groups is 1. The van der Waals surface area contributed by atoms with E-state index in [0.717, 1.165) is 34.9 Å². The van der Waals surface area contributed by atoms with Crippen molar-refractivity contribution in [1.82, 2.24) is 25.3 Å². The van der Waals surface area contributed by atoms with Crippen LogP contribution in [0.1, 0.15) is 29.7 Å². The van der Waals surface area contributed by atoms with Gasteiger partial charge in [-0.25, -0.2) is 9.38 Å². The van der Waals surface area contributed by atoms with Gasteiger partial charge in [0.15, 0.2) is 5.96 Å². The molecule has 28 heavy (non-hydrogen) atoms. The van der Waals surface area contributed by atoms with Crippen LogP contribution in [0.2, 0.25) is 0 Å². The molecule has 2 N–H and O–H groups in total. The molecule has 0 spiro atoms. The molecule has 1 atom stereocenters. The first-order chi connectivity index (χ1) is 13.4. The second-order valence-corrected chi connectivity index (χ2v) is 7.71. The summed E-state index contributed by atoms with van der Waals surface area (Å²) in [7, 11) is 6.03. The predicted molar refractivity (Wildman–Crippen MR) is 116 cm³/mol. The number of nitrogens with one attached hydrogen (secondary N) is 2. The average Bonchev–Trinajstić information content (AvgIpc) is 3.07. The van der Waals surface area contributed by atoms with Gasteiger partial charge in [-0.3, -0.25) is 4.68 Å². The van der Waals surface area contributed by atoms with E-state index in [4.69, 9.17) is 4.99 Å². The van der Waals surface area contributed by atoms with Gasteiger partial charge in [0.1, 0.15) is 5.82 Å². The Bertz CT molecular complexity index is 774. The number of rotatable bonds is 9. The lowest BCUT2D eigenvalue weighted by atomic mass is 10.1. The Morgan fingerprint density at radius 2 is 2.11 bits per heavy atom. The Morgan fingerprint density at radius 1 is 1.32 bits per heavy atom. The van der Waals surface area contributed by atoms with Gasteiger partial charge in [-0.15, -0.1) is 0 Å². The highest BCUT2D eigenvalue weighted by Crippen LogP contribution is 2.18. The van der Waals surface area contributed by atoms with Crippen LogP contribution in [0.25, 0.3) is 0 Å². The predicted octanol–water partition coefficient (Wildman–Crippen LogP) is 2.78. The maximum atomic E-state index is 13.6. The molecule has 154 valence electrons. The average molecular weight is 407 g/mol. The molecule has 8 heteroatoms. The van der Waals surface area contributed by atoms with Gasteiger partial charge < -0.3 is 15.5 Å². The Kier molecular flexibility index (Phi) is 8.79. The van der Waals surface area contributed by atoms with Crippen LogP contribution in [0.3, 0.4) is 0 Å². The van der Waals surface area contributed by atoms with Crippen molar-refractivity contribution >= 4 is 17.7 Å². The highest BCUT2D eigenvalue weighted by Gasteiger charge is 2.16. The van der Waals surface area contributed by atoms with Crippen LogP contribution < -0.4 is 10.6 Å². The first-order valence-electron chi connectivity index (χ1n) is 9.38. The van der Waals surface area contributed by atoms with Gasteiger partial charge in [0.25, 0.3) is 0 Å². The maximum absolute atomic E-state index is 13.6. The molecule has 1 aromatic carbocycles. The molecule has 0 radical (unpaired) electrons. The number of aliphatic imine (C=N–C) groups is 1. The largest absolute Gasteiger partial charge is 0.357 e. The Balaban J connectivity index is 2.09. The molecule has 0 aliphatic carbocycles. The van der Waals surface area contributed by atoms with E-state index in [9.17, 15) is 4.39 Å². The minimum atomic E-state index is -0.202. The SMILES string of the molecule is CCNC(=NCc1ccc(F)cc1CSC)NCC(c1cnn(C)c1)N(C)C. The number of aromatic nitrogens is 2. The number of aryl methyl sites for hydroxylation is 1. The molecule has 2 rings (SSSR count). The summed E-state index contributed by atoms with van der Waals surface area (Å²) in [6.45, 7) is 4.02. The van der Waals surface area contributed by atoms with E-state index < -0.39 is 0 Å². The molecule has 0 aliphatic heterocycles. The van der Waals surface area contributed by atoms with Crippen LogP contribution in [-0.4, -0.2) is 54.1 Å². The van der Waals surface area contributed by atoms with E-state index in [1.165, 1.54) is 6.07 Å². The van der Waals surface area contributed by atoms with E-state index in [1.807, 2.05) is 43.4 Å². The van der Waals surface area contributed by atoms with Crippen LogP contribution in [0.4, 0.5) is 4.39 Å². The number of hydrogen-bond acceptors (Lipinski definition) is 4. The van der Waals surface area contributed by atoms with E-state index in [0.29, 0.717) is 13.1 Å². The van der Waals surface area contributed by atoms with Crippen LogP contribution in [-0.2, 0) is 19.3 Å². The van der Waals surface area contributed by atoms with E-state index in [1.54, 1.807) is 17.8 Å². The zero-order valence-corrected chi connectivity index (χ0v) is 18.2. The van der Waals surface area contributed by atoms with Gasteiger partial charge >= 0.3 is 0 Å². The molecule has 0 bridgehead atoms. The van der Waals surface area contributed by atoms with Crippen molar-refractivity contribution < 1.29 is 4.39 Å². The standard InChI is InChI=1S/C20H31FN6S/c1-6-22-20(23-10-15-7-8-18(21)9-16(15)14-28-5)24-12-19(26(2)3)17-11-25-27(4)13-17/h7-9,11,13,19H,6,10,12,14H2,1-5H3,(H2,22,23,24). The number of halogens is 1. The number of thioether (sulfide) groups is 1. The second-order valence-electron chi connectivity index (χ2n) is 6.85. The van der Waals surface area contributed by atoms with Gasteiger partial charge in [-0.05, 0) is 50.5 Å². The molecular formula is C20H31FN6S. The molecular weight excluding hydrogens is 375 g/mol. The van der Waals surface area contributed by atoms with Gasteiger partial charge in [-0.1, -0.05) is 6.07 Å². The summed E-state index contributed by atoms with van der Waals surface area (Å²) in [5, 5.41) is 11.0. The molecule has 1 unspecified atom stereocenters. The molecule has 1 heterocycles. The van der Waals surface area contributed by atoms with Gasteiger partial charge in [-0.2, -0.15) is 16.9 Å². The molecule has 0 amide bonds. The van der Waals surface area contributed by atoms with E-state index in [-0.39, 0.29) is 11.9 Å². The van der Waals surface area contributed by atoms with Crippen LogP contribution in [0.15, 0.2) is 35.6 Å². The smallest absolute Gasteiger partial charge is 0.191 e. The van der Waals surface area contributed by atoms with Crippen molar-refractivity contribution in [3.8, 4) is 0 Å². The van der Waals surface area contributed by atoms with E-state index >= 15 is 0 Å². The third kappa shape index (κ3) is 6.53. The van der Waals surface area contributed by atoms with Crippen molar-refractivity contribution in [1.29, 1.82) is 0 Å². The lowest BCUT2D eigenvalue weighted by Gasteiger charge is -2.24. The Hall–Kier alpha value is -2.06. The quantitative estimate of drug-likeness (QED) is 0.495. The highest BCUT2D eigenvalue weighted by atomic mass is 32.2. The molecule has 0 saturated heterocycles.